The summed E-state index contributed by atoms with van der Waals surface area (Å²) in [5.41, 5.74) is 6.87. The van der Waals surface area contributed by atoms with Crippen molar-refractivity contribution < 1.29 is 9.53 Å². The van der Waals surface area contributed by atoms with Crippen LogP contribution in [0.15, 0.2) is 12.4 Å². The van der Waals surface area contributed by atoms with Gasteiger partial charge in [0.15, 0.2) is 5.69 Å². The fraction of sp³-hybridized carbons (Fsp3) is 0.364. The molecule has 0 radical (unpaired) electrons. The zero-order valence-corrected chi connectivity index (χ0v) is 10.5. The van der Waals surface area contributed by atoms with Crippen LogP contribution in [0.2, 0.25) is 0 Å². The second-order valence-electron chi connectivity index (χ2n) is 3.81. The molecule has 0 aliphatic carbocycles. The third kappa shape index (κ3) is 1.83. The number of imidazole rings is 1. The normalized spacial score (nSPS) is 10.6. The Hall–Kier alpha value is -2.31. The highest BCUT2D eigenvalue weighted by Crippen LogP contribution is 2.21. The smallest absolute Gasteiger partial charge is 0.360 e. The van der Waals surface area contributed by atoms with Gasteiger partial charge in [-0.25, -0.2) is 9.78 Å². The summed E-state index contributed by atoms with van der Waals surface area (Å²) in [5.74, 6) is 0.428. The monoisotopic (exact) mass is 249 g/mol. The van der Waals surface area contributed by atoms with E-state index in [9.17, 15) is 4.79 Å². The summed E-state index contributed by atoms with van der Waals surface area (Å²) in [7, 11) is 3.11. The number of methoxy groups -OCH3 is 1. The van der Waals surface area contributed by atoms with E-state index in [1.54, 1.807) is 21.6 Å². The predicted octanol–water partition coefficient (Wildman–Crippen LogP) is 0.537. The maximum absolute atomic E-state index is 11.6. The van der Waals surface area contributed by atoms with Crippen molar-refractivity contribution in [2.45, 2.75) is 13.3 Å². The molecule has 7 heteroatoms. The third-order valence-corrected chi connectivity index (χ3v) is 2.63. The van der Waals surface area contributed by atoms with Gasteiger partial charge in [0.05, 0.1) is 19.0 Å². The van der Waals surface area contributed by atoms with Gasteiger partial charge in [0, 0.05) is 19.7 Å². The molecule has 0 atom stereocenters. The summed E-state index contributed by atoms with van der Waals surface area (Å²) in [6, 6.07) is 0. The lowest BCUT2D eigenvalue weighted by molar-refractivity contribution is 0.0596. The molecule has 0 bridgehead atoms. The van der Waals surface area contributed by atoms with E-state index in [2.05, 4.69) is 14.8 Å². The van der Waals surface area contributed by atoms with E-state index < -0.39 is 5.97 Å². The van der Waals surface area contributed by atoms with Gasteiger partial charge < -0.3 is 10.5 Å². The van der Waals surface area contributed by atoms with E-state index in [1.807, 2.05) is 14.0 Å². The SMILES string of the molecule is CCc1nc(C(=O)OC)c(N)n1-c1cnn(C)c1. The Morgan fingerprint density at radius 3 is 2.78 bits per heavy atom. The first-order valence-electron chi connectivity index (χ1n) is 5.52. The molecule has 2 N–H and O–H groups in total. The molecule has 2 rings (SSSR count). The molecule has 0 aliphatic rings. The van der Waals surface area contributed by atoms with E-state index in [4.69, 9.17) is 5.73 Å². The highest BCUT2D eigenvalue weighted by atomic mass is 16.5. The molecule has 0 amide bonds. The number of ether oxygens (including phenoxy) is 1. The zero-order valence-electron chi connectivity index (χ0n) is 10.5. The summed E-state index contributed by atoms with van der Waals surface area (Å²) in [6.07, 6.45) is 4.12. The Morgan fingerprint density at radius 1 is 1.56 bits per heavy atom. The molecule has 0 saturated heterocycles. The number of aryl methyl sites for hydroxylation is 2. The number of nitrogens with two attached hydrogens (primary N) is 1. The molecule has 18 heavy (non-hydrogen) atoms. The van der Waals surface area contributed by atoms with Crippen LogP contribution in [0.25, 0.3) is 5.69 Å². The van der Waals surface area contributed by atoms with E-state index >= 15 is 0 Å². The maximum atomic E-state index is 11.6. The number of nitrogen functional groups attached to an aromatic ring is 1. The van der Waals surface area contributed by atoms with Crippen LogP contribution >= 0.6 is 0 Å². The van der Waals surface area contributed by atoms with Crippen molar-refractivity contribution in [1.29, 1.82) is 0 Å². The number of nitrogens with zero attached hydrogens (tertiary/aromatic N) is 4. The number of rotatable bonds is 3. The van der Waals surface area contributed by atoms with Crippen LogP contribution in [0.3, 0.4) is 0 Å². The summed E-state index contributed by atoms with van der Waals surface area (Å²) in [6.45, 7) is 1.94. The lowest BCUT2D eigenvalue weighted by atomic mass is 10.4. The van der Waals surface area contributed by atoms with Crippen LogP contribution in [0.4, 0.5) is 5.82 Å². The quantitative estimate of drug-likeness (QED) is 0.802. The first kappa shape index (κ1) is 12.2. The summed E-state index contributed by atoms with van der Waals surface area (Å²) >= 11 is 0. The molecule has 0 fully saturated rings. The molecule has 2 heterocycles. The fourth-order valence-electron chi connectivity index (χ4n) is 1.78. The molecular weight excluding hydrogens is 234 g/mol. The molecule has 0 aliphatic heterocycles. The Labute approximate surface area is 104 Å². The highest BCUT2D eigenvalue weighted by molar-refractivity contribution is 5.92. The van der Waals surface area contributed by atoms with Crippen LogP contribution in [-0.4, -0.2) is 32.4 Å². The standard InChI is InChI=1S/C11H15N5O2/c1-4-8-14-9(11(17)18-3)10(12)16(8)7-5-13-15(2)6-7/h5-6H,4,12H2,1-3H3. The van der Waals surface area contributed by atoms with Gasteiger partial charge in [-0.05, 0) is 0 Å². The van der Waals surface area contributed by atoms with Crippen molar-refractivity contribution in [2.75, 3.05) is 12.8 Å². The van der Waals surface area contributed by atoms with Gasteiger partial charge in [-0.3, -0.25) is 9.25 Å². The van der Waals surface area contributed by atoms with Crippen LogP contribution in [0, 0.1) is 0 Å². The van der Waals surface area contributed by atoms with Gasteiger partial charge in [-0.2, -0.15) is 5.10 Å². The van der Waals surface area contributed by atoms with Gasteiger partial charge in [0.2, 0.25) is 0 Å². The molecule has 0 aromatic carbocycles. The largest absolute Gasteiger partial charge is 0.464 e. The maximum Gasteiger partial charge on any atom is 0.360 e. The number of anilines is 1. The minimum Gasteiger partial charge on any atom is -0.464 e. The predicted molar refractivity (Wildman–Crippen MR) is 65.5 cm³/mol. The van der Waals surface area contributed by atoms with Crippen LogP contribution in [0.5, 0.6) is 0 Å². The fourth-order valence-corrected chi connectivity index (χ4v) is 1.78. The number of carbonyl (C=O) groups excluding carboxylic acids is 1. The van der Waals surface area contributed by atoms with Gasteiger partial charge in [-0.1, -0.05) is 6.92 Å². The lowest BCUT2D eigenvalue weighted by Gasteiger charge is -2.04. The second-order valence-corrected chi connectivity index (χ2v) is 3.81. The first-order chi connectivity index (χ1) is 8.58. The Kier molecular flexibility index (Phi) is 3.05. The zero-order chi connectivity index (χ0) is 13.3. The molecule has 0 spiro atoms. The van der Waals surface area contributed by atoms with E-state index in [0.717, 1.165) is 5.69 Å². The van der Waals surface area contributed by atoms with Gasteiger partial charge in [-0.15, -0.1) is 0 Å². The molecule has 2 aromatic heterocycles. The molecule has 96 valence electrons. The number of carbonyl (C=O) groups is 1. The Morgan fingerprint density at radius 2 is 2.28 bits per heavy atom. The van der Waals surface area contributed by atoms with E-state index in [-0.39, 0.29) is 11.5 Å². The van der Waals surface area contributed by atoms with Crippen LogP contribution in [-0.2, 0) is 18.2 Å². The first-order valence-corrected chi connectivity index (χ1v) is 5.52. The van der Waals surface area contributed by atoms with Gasteiger partial charge in [0.25, 0.3) is 0 Å². The van der Waals surface area contributed by atoms with E-state index in [0.29, 0.717) is 12.2 Å². The summed E-state index contributed by atoms with van der Waals surface area (Å²) in [4.78, 5) is 15.8. The highest BCUT2D eigenvalue weighted by Gasteiger charge is 2.21. The lowest BCUT2D eigenvalue weighted by Crippen LogP contribution is -2.07. The molecule has 2 aromatic rings. The molecule has 7 nitrogen and oxygen atoms in total. The number of aromatic nitrogens is 4. The van der Waals surface area contributed by atoms with Crippen LogP contribution < -0.4 is 5.73 Å². The van der Waals surface area contributed by atoms with Crippen LogP contribution in [0.1, 0.15) is 23.2 Å². The number of hydrogen-bond donors (Lipinski definition) is 1. The second kappa shape index (κ2) is 4.52. The van der Waals surface area contributed by atoms with Gasteiger partial charge in [0.1, 0.15) is 11.6 Å². The van der Waals surface area contributed by atoms with Crippen molar-refractivity contribution in [3.05, 3.63) is 23.9 Å². The van der Waals surface area contributed by atoms with Crippen molar-refractivity contribution in [2.24, 2.45) is 7.05 Å². The van der Waals surface area contributed by atoms with E-state index in [1.165, 1.54) is 7.11 Å². The average molecular weight is 249 g/mol. The molecule has 0 saturated carbocycles. The minimum absolute atomic E-state index is 0.137. The Balaban J connectivity index is 2.59. The summed E-state index contributed by atoms with van der Waals surface area (Å²) in [5, 5.41) is 4.08. The Bertz CT molecular complexity index is 584. The van der Waals surface area contributed by atoms with Crippen molar-refractivity contribution in [1.82, 2.24) is 19.3 Å². The van der Waals surface area contributed by atoms with Gasteiger partial charge >= 0.3 is 5.97 Å². The van der Waals surface area contributed by atoms with Crippen molar-refractivity contribution >= 4 is 11.8 Å². The molecular formula is C11H15N5O2. The third-order valence-electron chi connectivity index (χ3n) is 2.63. The number of esters is 1. The topological polar surface area (TPSA) is 88.0 Å². The van der Waals surface area contributed by atoms with Crippen molar-refractivity contribution in [3.8, 4) is 5.69 Å². The number of hydrogen-bond acceptors (Lipinski definition) is 5. The van der Waals surface area contributed by atoms with Crippen molar-refractivity contribution in [3.63, 3.8) is 0 Å². The molecule has 0 unspecified atom stereocenters. The minimum atomic E-state index is -0.537. The average Bonchev–Trinajstić information content (AvgIpc) is 2.91. The summed E-state index contributed by atoms with van der Waals surface area (Å²) < 4.78 is 8.02.